The first kappa shape index (κ1) is 13.7. The third kappa shape index (κ3) is 3.38. The average molecular weight is 273 g/mol. The first-order valence-corrected chi connectivity index (χ1v) is 5.93. The highest BCUT2D eigenvalue weighted by Gasteiger charge is 2.03. The van der Waals surface area contributed by atoms with Crippen molar-refractivity contribution in [3.05, 3.63) is 42.1 Å². The quantitative estimate of drug-likeness (QED) is 0.818. The van der Waals surface area contributed by atoms with Gasteiger partial charge >= 0.3 is 0 Å². The van der Waals surface area contributed by atoms with Gasteiger partial charge in [0.2, 0.25) is 5.91 Å². The molecule has 2 N–H and O–H groups in total. The Kier molecular flexibility index (Phi) is 4.39. The largest absolute Gasteiger partial charge is 0.493 e. The molecule has 6 nitrogen and oxygen atoms in total. The van der Waals surface area contributed by atoms with Crippen molar-refractivity contribution in [2.75, 3.05) is 19.5 Å². The molecule has 104 valence electrons. The van der Waals surface area contributed by atoms with Crippen LogP contribution in [0.1, 0.15) is 5.56 Å². The number of anilines is 1. The third-order valence-corrected chi connectivity index (χ3v) is 2.59. The van der Waals surface area contributed by atoms with E-state index >= 15 is 0 Å². The standard InChI is InChI=1S/C14H15N3O3/c1-19-11-5-3-10(9-12(11)20-2)4-6-14(18)16-13-7-8-15-17-13/h3-9H,1-2H3,(H2,15,16,17,18)/b6-4-. The Bertz CT molecular complexity index is 606. The maximum Gasteiger partial charge on any atom is 0.249 e. The molecule has 0 saturated carbocycles. The minimum absolute atomic E-state index is 0.246. The van der Waals surface area contributed by atoms with E-state index in [1.165, 1.54) is 6.08 Å². The zero-order chi connectivity index (χ0) is 14.4. The van der Waals surface area contributed by atoms with E-state index in [1.54, 1.807) is 44.7 Å². The van der Waals surface area contributed by atoms with Crippen LogP contribution in [0.25, 0.3) is 6.08 Å². The summed E-state index contributed by atoms with van der Waals surface area (Å²) < 4.78 is 10.3. The molecule has 6 heteroatoms. The summed E-state index contributed by atoms with van der Waals surface area (Å²) in [4.78, 5) is 11.7. The van der Waals surface area contributed by atoms with E-state index in [1.807, 2.05) is 6.07 Å². The molecular weight excluding hydrogens is 258 g/mol. The molecule has 0 aliphatic carbocycles. The predicted octanol–water partition coefficient (Wildman–Crippen LogP) is 2.08. The molecule has 0 atom stereocenters. The number of ether oxygens (including phenoxy) is 2. The van der Waals surface area contributed by atoms with Gasteiger partial charge in [0, 0.05) is 12.1 Å². The number of hydrogen-bond donors (Lipinski definition) is 2. The number of amides is 1. The summed E-state index contributed by atoms with van der Waals surface area (Å²) in [6.45, 7) is 0. The molecule has 0 fully saturated rings. The summed E-state index contributed by atoms with van der Waals surface area (Å²) in [7, 11) is 3.14. The van der Waals surface area contributed by atoms with Crippen LogP contribution in [0, 0.1) is 0 Å². The van der Waals surface area contributed by atoms with E-state index in [0.29, 0.717) is 17.3 Å². The Balaban J connectivity index is 2.05. The second-order valence-corrected chi connectivity index (χ2v) is 3.91. The zero-order valence-corrected chi connectivity index (χ0v) is 11.2. The number of hydrogen-bond acceptors (Lipinski definition) is 4. The molecule has 0 aliphatic heterocycles. The molecule has 2 aromatic rings. The first-order valence-electron chi connectivity index (χ1n) is 5.93. The highest BCUT2D eigenvalue weighted by molar-refractivity contribution is 6.01. The van der Waals surface area contributed by atoms with Crippen molar-refractivity contribution < 1.29 is 14.3 Å². The molecule has 0 spiro atoms. The van der Waals surface area contributed by atoms with E-state index in [9.17, 15) is 4.79 Å². The Morgan fingerprint density at radius 3 is 2.70 bits per heavy atom. The van der Waals surface area contributed by atoms with Crippen LogP contribution < -0.4 is 14.8 Å². The maximum atomic E-state index is 11.7. The highest BCUT2D eigenvalue weighted by atomic mass is 16.5. The van der Waals surface area contributed by atoms with Crippen molar-refractivity contribution in [1.29, 1.82) is 0 Å². The Morgan fingerprint density at radius 1 is 1.25 bits per heavy atom. The number of aromatic amines is 1. The van der Waals surface area contributed by atoms with Crippen LogP contribution in [0.3, 0.4) is 0 Å². The van der Waals surface area contributed by atoms with E-state index < -0.39 is 0 Å². The Hall–Kier alpha value is -2.76. The lowest BCUT2D eigenvalue weighted by Crippen LogP contribution is -2.07. The topological polar surface area (TPSA) is 76.2 Å². The normalized spacial score (nSPS) is 10.5. The third-order valence-electron chi connectivity index (χ3n) is 2.59. The van der Waals surface area contributed by atoms with Crippen LogP contribution >= 0.6 is 0 Å². The molecule has 1 aromatic heterocycles. The van der Waals surface area contributed by atoms with E-state index in [2.05, 4.69) is 15.5 Å². The van der Waals surface area contributed by atoms with Gasteiger partial charge in [-0.1, -0.05) is 6.07 Å². The van der Waals surface area contributed by atoms with Crippen LogP contribution in [0.15, 0.2) is 36.5 Å². The number of rotatable bonds is 5. The van der Waals surface area contributed by atoms with Crippen LogP contribution in [-0.2, 0) is 4.79 Å². The summed E-state index contributed by atoms with van der Waals surface area (Å²) >= 11 is 0. The summed E-state index contributed by atoms with van der Waals surface area (Å²) in [6.07, 6.45) is 4.68. The lowest BCUT2D eigenvalue weighted by molar-refractivity contribution is -0.111. The molecular formula is C14H15N3O3. The molecule has 0 unspecified atom stereocenters. The maximum absolute atomic E-state index is 11.7. The van der Waals surface area contributed by atoms with Crippen molar-refractivity contribution in [1.82, 2.24) is 10.2 Å². The van der Waals surface area contributed by atoms with E-state index in [-0.39, 0.29) is 5.91 Å². The zero-order valence-electron chi connectivity index (χ0n) is 11.2. The van der Waals surface area contributed by atoms with Crippen molar-refractivity contribution in [3.63, 3.8) is 0 Å². The van der Waals surface area contributed by atoms with Gasteiger partial charge in [-0.15, -0.1) is 0 Å². The molecule has 1 aromatic carbocycles. The predicted molar refractivity (Wildman–Crippen MR) is 75.8 cm³/mol. The van der Waals surface area contributed by atoms with E-state index in [4.69, 9.17) is 9.47 Å². The number of methoxy groups -OCH3 is 2. The van der Waals surface area contributed by atoms with Crippen LogP contribution in [0.5, 0.6) is 11.5 Å². The fourth-order valence-electron chi connectivity index (χ4n) is 1.63. The Morgan fingerprint density at radius 2 is 2.05 bits per heavy atom. The number of carbonyl (C=O) groups excluding carboxylic acids is 1. The van der Waals surface area contributed by atoms with Crippen molar-refractivity contribution in [3.8, 4) is 11.5 Å². The molecule has 2 rings (SSSR count). The summed E-state index contributed by atoms with van der Waals surface area (Å²) in [5, 5.41) is 9.03. The number of carbonyl (C=O) groups is 1. The van der Waals surface area contributed by atoms with Gasteiger partial charge < -0.3 is 14.8 Å². The van der Waals surface area contributed by atoms with Gasteiger partial charge in [0.25, 0.3) is 0 Å². The van der Waals surface area contributed by atoms with Gasteiger partial charge in [0.1, 0.15) is 5.82 Å². The summed E-state index contributed by atoms with van der Waals surface area (Å²) in [5.74, 6) is 1.56. The number of aromatic nitrogens is 2. The van der Waals surface area contributed by atoms with Gasteiger partial charge in [-0.05, 0) is 23.8 Å². The van der Waals surface area contributed by atoms with Crippen LogP contribution in [0.4, 0.5) is 5.82 Å². The molecule has 0 radical (unpaired) electrons. The average Bonchev–Trinajstić information content (AvgIpc) is 2.97. The van der Waals surface area contributed by atoms with Gasteiger partial charge in [-0.25, -0.2) is 0 Å². The second-order valence-electron chi connectivity index (χ2n) is 3.91. The lowest BCUT2D eigenvalue weighted by atomic mass is 10.2. The molecule has 0 bridgehead atoms. The van der Waals surface area contributed by atoms with Crippen LogP contribution in [-0.4, -0.2) is 30.3 Å². The molecule has 1 amide bonds. The molecule has 1 heterocycles. The first-order chi connectivity index (χ1) is 9.72. The lowest BCUT2D eigenvalue weighted by Gasteiger charge is -2.07. The second kappa shape index (κ2) is 6.42. The SMILES string of the molecule is COc1ccc(/C=C\C(=O)Nc2ccn[nH]2)cc1OC. The van der Waals surface area contributed by atoms with Crippen molar-refractivity contribution >= 4 is 17.8 Å². The summed E-state index contributed by atoms with van der Waals surface area (Å²) in [6, 6.07) is 7.08. The number of benzene rings is 1. The minimum atomic E-state index is -0.246. The van der Waals surface area contributed by atoms with Crippen molar-refractivity contribution in [2.45, 2.75) is 0 Å². The molecule has 0 saturated heterocycles. The fourth-order valence-corrected chi connectivity index (χ4v) is 1.63. The molecule has 0 aliphatic rings. The van der Waals surface area contributed by atoms with Gasteiger partial charge in [0.05, 0.1) is 20.4 Å². The number of H-pyrrole nitrogens is 1. The van der Waals surface area contributed by atoms with Gasteiger partial charge in [-0.3, -0.25) is 9.89 Å². The van der Waals surface area contributed by atoms with Crippen molar-refractivity contribution in [2.24, 2.45) is 0 Å². The monoisotopic (exact) mass is 273 g/mol. The van der Waals surface area contributed by atoms with E-state index in [0.717, 1.165) is 5.56 Å². The van der Waals surface area contributed by atoms with Gasteiger partial charge in [0.15, 0.2) is 11.5 Å². The number of nitrogens with one attached hydrogen (secondary N) is 2. The Labute approximate surface area is 116 Å². The summed E-state index contributed by atoms with van der Waals surface area (Å²) in [5.41, 5.74) is 0.836. The minimum Gasteiger partial charge on any atom is -0.493 e. The smallest absolute Gasteiger partial charge is 0.249 e. The number of nitrogens with zero attached hydrogens (tertiary/aromatic N) is 1. The molecule has 20 heavy (non-hydrogen) atoms. The fraction of sp³-hybridized carbons (Fsp3) is 0.143. The van der Waals surface area contributed by atoms with Crippen LogP contribution in [0.2, 0.25) is 0 Å². The van der Waals surface area contributed by atoms with Gasteiger partial charge in [-0.2, -0.15) is 5.10 Å². The highest BCUT2D eigenvalue weighted by Crippen LogP contribution is 2.27.